The minimum absolute atomic E-state index is 0.934. The lowest BCUT2D eigenvalue weighted by Gasteiger charge is -2.34. The normalized spacial score (nSPS) is 23.0. The van der Waals surface area contributed by atoms with Gasteiger partial charge in [-0.2, -0.15) is 0 Å². The summed E-state index contributed by atoms with van der Waals surface area (Å²) in [6, 6.07) is 0. The van der Waals surface area contributed by atoms with Gasteiger partial charge in [-0.05, 0) is 37.8 Å². The first-order valence-corrected chi connectivity index (χ1v) is 5.85. The molecule has 0 aliphatic carbocycles. The van der Waals surface area contributed by atoms with Gasteiger partial charge in [-0.3, -0.25) is 0 Å². The maximum atomic E-state index is 2.50. The third-order valence-electron chi connectivity index (χ3n) is 3.46. The van der Waals surface area contributed by atoms with Gasteiger partial charge in [0.15, 0.2) is 0 Å². The molecule has 2 heteroatoms. The second-order valence-corrected chi connectivity index (χ2v) is 4.35. The van der Waals surface area contributed by atoms with E-state index in [0.29, 0.717) is 0 Å². The molecular weight excluding hydrogens is 157 g/mol. The largest absolute Gasteiger partial charge is 0.347 e. The zero-order valence-electron chi connectivity index (χ0n) is 9.42. The van der Waals surface area contributed by atoms with Crippen LogP contribution in [0.4, 0.5) is 0 Å². The summed E-state index contributed by atoms with van der Waals surface area (Å²) >= 11 is 0. The van der Waals surface area contributed by atoms with Gasteiger partial charge < -0.3 is 4.81 Å². The number of hydrogen-bond acceptors (Lipinski definition) is 1. The molecule has 0 saturated carbocycles. The lowest BCUT2D eigenvalue weighted by atomic mass is 9.79. The molecule has 0 bridgehead atoms. The Morgan fingerprint density at radius 3 is 2.38 bits per heavy atom. The highest BCUT2D eigenvalue weighted by Crippen LogP contribution is 2.26. The van der Waals surface area contributed by atoms with Crippen LogP contribution in [0.25, 0.3) is 0 Å². The SMILES string of the molecule is CC[B]N1CCC(C(C)CC)CC1. The van der Waals surface area contributed by atoms with E-state index in [1.165, 1.54) is 38.7 Å². The summed E-state index contributed by atoms with van der Waals surface area (Å²) in [7, 11) is 2.35. The molecular formula is C11H23BN. The smallest absolute Gasteiger partial charge is 0.208 e. The molecule has 75 valence electrons. The zero-order chi connectivity index (χ0) is 9.68. The summed E-state index contributed by atoms with van der Waals surface area (Å²) in [5.74, 6) is 1.93. The third kappa shape index (κ3) is 3.34. The van der Waals surface area contributed by atoms with Gasteiger partial charge in [0.25, 0.3) is 0 Å². The van der Waals surface area contributed by atoms with Crippen molar-refractivity contribution in [3.63, 3.8) is 0 Å². The summed E-state index contributed by atoms with van der Waals surface area (Å²) < 4.78 is 0. The van der Waals surface area contributed by atoms with E-state index in [-0.39, 0.29) is 0 Å². The summed E-state index contributed by atoms with van der Waals surface area (Å²) in [5.41, 5.74) is 0. The maximum Gasteiger partial charge on any atom is 0.208 e. The van der Waals surface area contributed by atoms with Crippen molar-refractivity contribution in [2.75, 3.05) is 13.1 Å². The van der Waals surface area contributed by atoms with Crippen molar-refractivity contribution >= 4 is 7.41 Å². The third-order valence-corrected chi connectivity index (χ3v) is 3.46. The zero-order valence-corrected chi connectivity index (χ0v) is 9.42. The standard InChI is InChI=1S/C11H23BN/c1-4-10(3)11-6-8-13(9-7-11)12-5-2/h10-11H,4-9H2,1-3H3. The van der Waals surface area contributed by atoms with Crippen LogP contribution in [0, 0.1) is 11.8 Å². The predicted octanol–water partition coefficient (Wildman–Crippen LogP) is 2.80. The Labute approximate surface area is 84.2 Å². The minimum Gasteiger partial charge on any atom is -0.347 e. The van der Waals surface area contributed by atoms with Crippen LogP contribution in [-0.4, -0.2) is 25.3 Å². The van der Waals surface area contributed by atoms with Crippen LogP contribution in [0.15, 0.2) is 0 Å². The van der Waals surface area contributed by atoms with Crippen molar-refractivity contribution in [3.8, 4) is 0 Å². The molecule has 1 aliphatic heterocycles. The Morgan fingerprint density at radius 1 is 1.31 bits per heavy atom. The lowest BCUT2D eigenvalue weighted by molar-refractivity contribution is 0.214. The van der Waals surface area contributed by atoms with Crippen molar-refractivity contribution in [2.24, 2.45) is 11.8 Å². The second-order valence-electron chi connectivity index (χ2n) is 4.35. The predicted molar refractivity (Wildman–Crippen MR) is 60.0 cm³/mol. The Hall–Kier alpha value is 0.0249. The van der Waals surface area contributed by atoms with Gasteiger partial charge in [-0.15, -0.1) is 0 Å². The molecule has 0 amide bonds. The molecule has 1 fully saturated rings. The van der Waals surface area contributed by atoms with E-state index in [1.54, 1.807) is 0 Å². The Kier molecular flexibility index (Phi) is 4.86. The molecule has 1 rings (SSSR count). The van der Waals surface area contributed by atoms with Gasteiger partial charge in [-0.25, -0.2) is 0 Å². The molecule has 13 heavy (non-hydrogen) atoms. The molecule has 1 atom stereocenters. The molecule has 1 radical (unpaired) electrons. The highest BCUT2D eigenvalue weighted by molar-refractivity contribution is 6.31. The maximum absolute atomic E-state index is 2.50. The van der Waals surface area contributed by atoms with Crippen LogP contribution in [0.3, 0.4) is 0 Å². The van der Waals surface area contributed by atoms with Gasteiger partial charge >= 0.3 is 0 Å². The topological polar surface area (TPSA) is 3.24 Å². The van der Waals surface area contributed by atoms with E-state index in [0.717, 1.165) is 11.8 Å². The van der Waals surface area contributed by atoms with E-state index in [4.69, 9.17) is 0 Å². The van der Waals surface area contributed by atoms with E-state index in [2.05, 4.69) is 33.0 Å². The van der Waals surface area contributed by atoms with Crippen LogP contribution in [0.5, 0.6) is 0 Å². The molecule has 1 aliphatic rings. The van der Waals surface area contributed by atoms with Gasteiger partial charge in [0.1, 0.15) is 0 Å². The van der Waals surface area contributed by atoms with Gasteiger partial charge in [0.05, 0.1) is 0 Å². The van der Waals surface area contributed by atoms with Crippen LogP contribution >= 0.6 is 0 Å². The first-order valence-electron chi connectivity index (χ1n) is 5.85. The van der Waals surface area contributed by atoms with Crippen molar-refractivity contribution in [2.45, 2.75) is 46.4 Å². The van der Waals surface area contributed by atoms with Gasteiger partial charge in [-0.1, -0.05) is 33.5 Å². The number of rotatable bonds is 4. The van der Waals surface area contributed by atoms with Crippen molar-refractivity contribution in [1.82, 2.24) is 4.81 Å². The molecule has 0 aromatic carbocycles. The molecule has 0 spiro atoms. The average Bonchev–Trinajstić information content (AvgIpc) is 2.18. The Balaban J connectivity index is 2.22. The molecule has 1 unspecified atom stereocenters. The van der Waals surface area contributed by atoms with Crippen LogP contribution in [0.2, 0.25) is 6.32 Å². The van der Waals surface area contributed by atoms with Crippen LogP contribution < -0.4 is 0 Å². The fraction of sp³-hybridized carbons (Fsp3) is 1.00. The van der Waals surface area contributed by atoms with E-state index in [1.807, 2.05) is 0 Å². The monoisotopic (exact) mass is 180 g/mol. The summed E-state index contributed by atoms with van der Waals surface area (Å²) in [6.45, 7) is 9.53. The quantitative estimate of drug-likeness (QED) is 0.601. The molecule has 1 saturated heterocycles. The summed E-state index contributed by atoms with van der Waals surface area (Å²) in [4.78, 5) is 2.50. The first kappa shape index (κ1) is 11.1. The van der Waals surface area contributed by atoms with Crippen molar-refractivity contribution in [1.29, 1.82) is 0 Å². The van der Waals surface area contributed by atoms with E-state index >= 15 is 0 Å². The lowest BCUT2D eigenvalue weighted by Crippen LogP contribution is -2.37. The first-order chi connectivity index (χ1) is 6.27. The number of piperidine rings is 1. The van der Waals surface area contributed by atoms with Crippen molar-refractivity contribution < 1.29 is 0 Å². The summed E-state index contributed by atoms with van der Waals surface area (Å²) in [6.07, 6.45) is 5.35. The Morgan fingerprint density at radius 2 is 1.92 bits per heavy atom. The van der Waals surface area contributed by atoms with Gasteiger partial charge in [0, 0.05) is 0 Å². The summed E-state index contributed by atoms with van der Waals surface area (Å²) in [5, 5.41) is 0. The molecule has 1 heterocycles. The Bertz CT molecular complexity index is 130. The van der Waals surface area contributed by atoms with E-state index in [9.17, 15) is 0 Å². The fourth-order valence-corrected chi connectivity index (χ4v) is 2.26. The fourth-order valence-electron chi connectivity index (χ4n) is 2.26. The molecule has 0 aromatic rings. The van der Waals surface area contributed by atoms with E-state index < -0.39 is 0 Å². The second kappa shape index (κ2) is 5.69. The number of nitrogens with zero attached hydrogens (tertiary/aromatic N) is 1. The van der Waals surface area contributed by atoms with Gasteiger partial charge in [0.2, 0.25) is 7.41 Å². The minimum atomic E-state index is 0.934. The highest BCUT2D eigenvalue weighted by Gasteiger charge is 2.22. The molecule has 0 N–H and O–H groups in total. The number of hydrogen-bond donors (Lipinski definition) is 0. The van der Waals surface area contributed by atoms with Crippen LogP contribution in [0.1, 0.15) is 40.0 Å². The van der Waals surface area contributed by atoms with Crippen molar-refractivity contribution in [3.05, 3.63) is 0 Å². The molecule has 0 aromatic heterocycles. The van der Waals surface area contributed by atoms with Crippen LogP contribution in [-0.2, 0) is 0 Å². The average molecular weight is 180 g/mol. The molecule has 1 nitrogen and oxygen atoms in total. The highest BCUT2D eigenvalue weighted by atomic mass is 15.0.